The number of esters is 1. The van der Waals surface area contributed by atoms with Gasteiger partial charge in [-0.3, -0.25) is 0 Å². The summed E-state index contributed by atoms with van der Waals surface area (Å²) >= 11 is 7.10. The number of hydrogen-bond donors (Lipinski definition) is 1. The molecule has 1 heterocycles. The molecule has 1 N–H and O–H groups in total. The van der Waals surface area contributed by atoms with Crippen LogP contribution in [0.4, 0.5) is 16.5 Å². The Bertz CT molecular complexity index is 628. The molecule has 0 aliphatic carbocycles. The number of nitrogens with one attached hydrogen (secondary N) is 1. The molecule has 0 saturated carbocycles. The Morgan fingerprint density at radius 2 is 2.10 bits per heavy atom. The number of aromatic nitrogens is 1. The first-order valence-corrected chi connectivity index (χ1v) is 7.00. The normalized spacial score (nSPS) is 10.2. The van der Waals surface area contributed by atoms with E-state index in [0.29, 0.717) is 10.0 Å². The van der Waals surface area contributed by atoms with Crippen LogP contribution in [0.25, 0.3) is 0 Å². The monoisotopic (exact) mass is 311 g/mol. The van der Waals surface area contributed by atoms with E-state index in [9.17, 15) is 4.79 Å². The van der Waals surface area contributed by atoms with Gasteiger partial charge in [-0.15, -0.1) is 0 Å². The lowest BCUT2D eigenvalue weighted by Gasteiger charge is -2.17. The van der Waals surface area contributed by atoms with Crippen molar-refractivity contribution in [2.45, 2.75) is 0 Å². The first-order valence-electron chi connectivity index (χ1n) is 5.81. The van der Waals surface area contributed by atoms with E-state index in [4.69, 9.17) is 11.6 Å². The van der Waals surface area contributed by atoms with Crippen LogP contribution in [0.2, 0.25) is 5.15 Å². The van der Waals surface area contributed by atoms with Gasteiger partial charge >= 0.3 is 5.97 Å². The first-order chi connectivity index (χ1) is 9.52. The van der Waals surface area contributed by atoms with Crippen LogP contribution in [0.1, 0.15) is 9.67 Å². The van der Waals surface area contributed by atoms with E-state index in [0.717, 1.165) is 22.7 Å². The molecule has 0 fully saturated rings. The van der Waals surface area contributed by atoms with Crippen molar-refractivity contribution < 1.29 is 9.53 Å². The van der Waals surface area contributed by atoms with Crippen LogP contribution in [0.15, 0.2) is 24.3 Å². The van der Waals surface area contributed by atoms with E-state index < -0.39 is 5.97 Å². The van der Waals surface area contributed by atoms with Gasteiger partial charge in [-0.05, 0) is 12.1 Å². The van der Waals surface area contributed by atoms with Crippen LogP contribution in [-0.2, 0) is 4.74 Å². The van der Waals surface area contributed by atoms with Gasteiger partial charge in [-0.1, -0.05) is 35.1 Å². The molecule has 0 amide bonds. The van der Waals surface area contributed by atoms with Gasteiger partial charge in [0.2, 0.25) is 0 Å². The molecule has 0 aliphatic heterocycles. The third-order valence-electron chi connectivity index (χ3n) is 2.58. The molecule has 1 aromatic heterocycles. The molecule has 0 spiro atoms. The lowest BCUT2D eigenvalue weighted by molar-refractivity contribution is 0.0606. The molecule has 0 aliphatic rings. The van der Waals surface area contributed by atoms with Crippen molar-refractivity contribution in [3.05, 3.63) is 34.3 Å². The molecule has 0 atom stereocenters. The Kier molecular flexibility index (Phi) is 4.46. The van der Waals surface area contributed by atoms with Gasteiger partial charge in [-0.25, -0.2) is 9.78 Å². The van der Waals surface area contributed by atoms with Crippen molar-refractivity contribution in [1.82, 2.24) is 4.98 Å². The lowest BCUT2D eigenvalue weighted by Crippen LogP contribution is -2.10. The number of anilines is 3. The molecule has 2 aromatic rings. The molecule has 0 radical (unpaired) electrons. The zero-order valence-corrected chi connectivity index (χ0v) is 12.9. The van der Waals surface area contributed by atoms with E-state index in [-0.39, 0.29) is 5.15 Å². The number of hydrogen-bond acceptors (Lipinski definition) is 6. The van der Waals surface area contributed by atoms with Gasteiger partial charge in [0.1, 0.15) is 0 Å². The second kappa shape index (κ2) is 6.11. The van der Waals surface area contributed by atoms with Crippen LogP contribution >= 0.6 is 22.9 Å². The fraction of sp³-hybridized carbons (Fsp3) is 0.231. The summed E-state index contributed by atoms with van der Waals surface area (Å²) in [6.07, 6.45) is 0. The summed E-state index contributed by atoms with van der Waals surface area (Å²) < 4.78 is 4.65. The van der Waals surface area contributed by atoms with Gasteiger partial charge in [0.25, 0.3) is 0 Å². The molecule has 106 valence electrons. The van der Waals surface area contributed by atoms with Crippen LogP contribution in [0.5, 0.6) is 0 Å². The van der Waals surface area contributed by atoms with Crippen molar-refractivity contribution in [3.8, 4) is 0 Å². The largest absolute Gasteiger partial charge is 0.465 e. The summed E-state index contributed by atoms with van der Waals surface area (Å²) in [6.45, 7) is 0. The fourth-order valence-electron chi connectivity index (χ4n) is 1.66. The summed E-state index contributed by atoms with van der Waals surface area (Å²) in [5.74, 6) is -0.485. The van der Waals surface area contributed by atoms with E-state index in [2.05, 4.69) is 15.0 Å². The third kappa shape index (κ3) is 3.02. The maximum absolute atomic E-state index is 11.5. The highest BCUT2D eigenvalue weighted by Gasteiger charge is 2.18. The molecule has 2 rings (SSSR count). The molecule has 0 bridgehead atoms. The Morgan fingerprint density at radius 3 is 2.75 bits per heavy atom. The number of ether oxygens (including phenoxy) is 1. The van der Waals surface area contributed by atoms with Crippen LogP contribution in [0.3, 0.4) is 0 Å². The first kappa shape index (κ1) is 14.6. The Labute approximate surface area is 126 Å². The van der Waals surface area contributed by atoms with Crippen molar-refractivity contribution in [2.75, 3.05) is 31.4 Å². The maximum atomic E-state index is 11.5. The lowest BCUT2D eigenvalue weighted by atomic mass is 10.2. The average Bonchev–Trinajstić information content (AvgIpc) is 2.79. The van der Waals surface area contributed by atoms with Gasteiger partial charge in [0.15, 0.2) is 15.2 Å². The summed E-state index contributed by atoms with van der Waals surface area (Å²) in [5.41, 5.74) is 1.90. The van der Waals surface area contributed by atoms with Gasteiger partial charge in [0, 0.05) is 14.1 Å². The summed E-state index contributed by atoms with van der Waals surface area (Å²) in [7, 11) is 5.22. The summed E-state index contributed by atoms with van der Waals surface area (Å²) in [5, 5.41) is 3.86. The molecular weight excluding hydrogens is 298 g/mol. The highest BCUT2D eigenvalue weighted by molar-refractivity contribution is 7.18. The van der Waals surface area contributed by atoms with Crippen LogP contribution in [0, 0.1) is 0 Å². The van der Waals surface area contributed by atoms with E-state index in [1.54, 1.807) is 0 Å². The molecule has 7 heteroatoms. The number of nitrogens with zero attached hydrogens (tertiary/aromatic N) is 2. The predicted octanol–water partition coefficient (Wildman–Crippen LogP) is 3.39. The molecule has 0 saturated heterocycles. The number of halogens is 1. The standard InChI is InChI=1S/C13H14ClN3O2S/c1-17(2)9-7-5-4-6-8(9)15-13-16-11(14)10(20-13)12(18)19-3/h4-7H,1-3H3,(H,15,16). The number of carbonyl (C=O) groups excluding carboxylic acids is 1. The second-order valence-corrected chi connectivity index (χ2v) is 5.52. The Morgan fingerprint density at radius 1 is 1.40 bits per heavy atom. The minimum atomic E-state index is -0.485. The summed E-state index contributed by atoms with van der Waals surface area (Å²) in [6, 6.07) is 7.79. The van der Waals surface area contributed by atoms with Crippen molar-refractivity contribution in [2.24, 2.45) is 0 Å². The number of carbonyl (C=O) groups is 1. The number of benzene rings is 1. The van der Waals surface area contributed by atoms with Gasteiger partial charge in [-0.2, -0.15) is 0 Å². The number of methoxy groups -OCH3 is 1. The quantitative estimate of drug-likeness (QED) is 0.877. The van der Waals surface area contributed by atoms with Crippen molar-refractivity contribution in [1.29, 1.82) is 0 Å². The number of para-hydroxylation sites is 2. The second-order valence-electron chi connectivity index (χ2n) is 4.17. The van der Waals surface area contributed by atoms with E-state index in [1.165, 1.54) is 7.11 Å². The summed E-state index contributed by atoms with van der Waals surface area (Å²) in [4.78, 5) is 17.9. The fourth-order valence-corrected chi connectivity index (χ4v) is 2.77. The van der Waals surface area contributed by atoms with Crippen molar-refractivity contribution >= 4 is 45.4 Å². The van der Waals surface area contributed by atoms with Crippen molar-refractivity contribution in [3.63, 3.8) is 0 Å². The zero-order chi connectivity index (χ0) is 14.7. The van der Waals surface area contributed by atoms with E-state index >= 15 is 0 Å². The highest BCUT2D eigenvalue weighted by Crippen LogP contribution is 2.32. The van der Waals surface area contributed by atoms with Gasteiger partial charge in [0.05, 0.1) is 18.5 Å². The predicted molar refractivity (Wildman–Crippen MR) is 82.5 cm³/mol. The smallest absolute Gasteiger partial charge is 0.351 e. The minimum Gasteiger partial charge on any atom is -0.465 e. The van der Waals surface area contributed by atoms with Crippen LogP contribution in [-0.4, -0.2) is 32.2 Å². The molecular formula is C13H14ClN3O2S. The average molecular weight is 312 g/mol. The molecule has 5 nitrogen and oxygen atoms in total. The number of rotatable bonds is 4. The van der Waals surface area contributed by atoms with Crippen LogP contribution < -0.4 is 10.2 Å². The van der Waals surface area contributed by atoms with Gasteiger partial charge < -0.3 is 15.0 Å². The third-order valence-corrected chi connectivity index (χ3v) is 3.92. The Hall–Kier alpha value is -1.79. The molecule has 1 aromatic carbocycles. The molecule has 0 unspecified atom stereocenters. The number of thiazole rings is 1. The highest BCUT2D eigenvalue weighted by atomic mass is 35.5. The maximum Gasteiger partial charge on any atom is 0.351 e. The van der Waals surface area contributed by atoms with E-state index in [1.807, 2.05) is 43.3 Å². The Balaban J connectivity index is 2.29. The molecule has 20 heavy (non-hydrogen) atoms. The SMILES string of the molecule is COC(=O)c1sc(Nc2ccccc2N(C)C)nc1Cl. The zero-order valence-electron chi connectivity index (χ0n) is 11.3. The minimum absolute atomic E-state index is 0.145. The topological polar surface area (TPSA) is 54.5 Å².